The molecule has 12 aromatic rings. The fourth-order valence-electron chi connectivity index (χ4n) is 13.3. The molecule has 538 valence electrons. The zero-order valence-corrected chi connectivity index (χ0v) is 62.5. The molecule has 104 heavy (non-hydrogen) atoms. The number of benzene rings is 8. The van der Waals surface area contributed by atoms with Crippen molar-refractivity contribution < 1.29 is 73.0 Å². The second kappa shape index (κ2) is 27.1. The van der Waals surface area contributed by atoms with Crippen LogP contribution in [0.2, 0.25) is 0 Å². The number of carbonyl (C=O) groups excluding carboxylic acids is 2. The summed E-state index contributed by atoms with van der Waals surface area (Å²) in [6.45, 7) is 14.1. The highest BCUT2D eigenvalue weighted by molar-refractivity contribution is 9.10. The van der Waals surface area contributed by atoms with Crippen molar-refractivity contribution in [2.75, 3.05) is 55.5 Å². The molecular formula is C79H77BBrF2N5O14S2. The fourth-order valence-corrected chi connectivity index (χ4v) is 14.7. The van der Waals surface area contributed by atoms with Gasteiger partial charge in [-0.3, -0.25) is 18.2 Å². The van der Waals surface area contributed by atoms with Gasteiger partial charge in [-0.2, -0.15) is 0 Å². The molecule has 0 saturated carbocycles. The lowest BCUT2D eigenvalue weighted by molar-refractivity contribution is -0.00314. The molecule has 7 heterocycles. The van der Waals surface area contributed by atoms with E-state index in [9.17, 15) is 45.4 Å². The number of rotatable bonds is 11. The van der Waals surface area contributed by atoms with Crippen LogP contribution in [0.4, 0.5) is 20.2 Å². The number of Topliss-reactive ketones (excluding diaryl/α,β-unsaturated/α-hetero) is 1. The molecule has 8 aromatic carbocycles. The molecule has 1 amide bonds. The lowest BCUT2D eigenvalue weighted by atomic mass is 9.76. The Morgan fingerprint density at radius 2 is 1.01 bits per heavy atom. The van der Waals surface area contributed by atoms with Crippen LogP contribution in [-0.2, 0) is 42.4 Å². The summed E-state index contributed by atoms with van der Waals surface area (Å²) in [5, 5.41) is 27.6. The maximum absolute atomic E-state index is 13.8. The van der Waals surface area contributed by atoms with Crippen LogP contribution >= 0.6 is 15.9 Å². The van der Waals surface area contributed by atoms with Gasteiger partial charge in [0, 0.05) is 110 Å². The van der Waals surface area contributed by atoms with E-state index >= 15 is 0 Å². The van der Waals surface area contributed by atoms with E-state index in [-0.39, 0.29) is 42.3 Å². The molecule has 1 fully saturated rings. The second-order valence-corrected chi connectivity index (χ2v) is 33.0. The van der Waals surface area contributed by atoms with Gasteiger partial charge in [0.2, 0.25) is 20.0 Å². The molecule has 4 aromatic heterocycles. The number of fused-ring (bicyclic) bond motifs is 12. The van der Waals surface area contributed by atoms with Crippen LogP contribution in [0.1, 0.15) is 75.6 Å². The number of nitrogens with zero attached hydrogens (tertiary/aromatic N) is 4. The van der Waals surface area contributed by atoms with Gasteiger partial charge in [0.05, 0.1) is 70.7 Å². The molecule has 19 nitrogen and oxygen atoms in total. The van der Waals surface area contributed by atoms with E-state index in [4.69, 9.17) is 27.6 Å². The van der Waals surface area contributed by atoms with Crippen LogP contribution in [0.25, 0.3) is 100 Å². The largest absolute Gasteiger partial charge is 0.497 e. The van der Waals surface area contributed by atoms with Gasteiger partial charge in [-0.15, -0.1) is 0 Å². The third-order valence-electron chi connectivity index (χ3n) is 19.6. The van der Waals surface area contributed by atoms with Crippen LogP contribution in [0, 0.1) is 11.6 Å². The quantitative estimate of drug-likeness (QED) is 0.0807. The Morgan fingerprint density at radius 3 is 1.50 bits per heavy atom. The summed E-state index contributed by atoms with van der Waals surface area (Å²) in [5.41, 5.74) is 6.93. The molecule has 0 spiro atoms. The Hall–Kier alpha value is -9.60. The number of nitrogens with one attached hydrogen (secondary N) is 1. The Bertz CT molecular complexity index is 5640. The summed E-state index contributed by atoms with van der Waals surface area (Å²) in [4.78, 5) is 26.4. The number of para-hydroxylation sites is 2. The number of anilines is 2. The van der Waals surface area contributed by atoms with Crippen LogP contribution in [0.3, 0.4) is 0 Å². The molecular weight excluding hydrogens is 1440 g/mol. The molecule has 1 saturated heterocycles. The summed E-state index contributed by atoms with van der Waals surface area (Å²) in [6, 6.07) is 49.8. The van der Waals surface area contributed by atoms with Crippen molar-refractivity contribution in [2.24, 2.45) is 0 Å². The Kier molecular flexibility index (Phi) is 19.0. The summed E-state index contributed by atoms with van der Waals surface area (Å²) < 4.78 is 123. The predicted molar refractivity (Wildman–Crippen MR) is 407 cm³/mol. The third kappa shape index (κ3) is 13.9. The summed E-state index contributed by atoms with van der Waals surface area (Å²) in [6.07, 6.45) is 2.44. The van der Waals surface area contributed by atoms with Crippen LogP contribution < -0.4 is 28.9 Å². The normalized spacial score (nSPS) is 17.5. The lowest BCUT2D eigenvalue weighted by Crippen LogP contribution is -2.41. The molecule has 3 aliphatic heterocycles. The number of sulfonamides is 2. The topological polar surface area (TPSA) is 234 Å². The number of aromatic nitrogens is 2. The number of amides is 1. The average molecular weight is 1510 g/mol. The van der Waals surface area contributed by atoms with Crippen LogP contribution in [0.15, 0.2) is 183 Å². The van der Waals surface area contributed by atoms with Gasteiger partial charge in [0.25, 0.3) is 5.91 Å². The van der Waals surface area contributed by atoms with E-state index in [1.807, 2.05) is 107 Å². The Labute approximate surface area is 609 Å². The number of furan rings is 2. The summed E-state index contributed by atoms with van der Waals surface area (Å²) in [5.74, 6) is 0.466. The van der Waals surface area contributed by atoms with Crippen LogP contribution in [-0.4, -0.2) is 124 Å². The number of carbonyl (C=O) groups is 2. The van der Waals surface area contributed by atoms with Gasteiger partial charge in [-0.05, 0) is 162 Å². The summed E-state index contributed by atoms with van der Waals surface area (Å²) in [7, 11) is -3.85. The van der Waals surface area contributed by atoms with E-state index < -0.39 is 67.1 Å². The van der Waals surface area contributed by atoms with Crippen molar-refractivity contribution in [3.05, 3.63) is 197 Å². The van der Waals surface area contributed by atoms with Crippen molar-refractivity contribution in [2.45, 2.75) is 90.4 Å². The van der Waals surface area contributed by atoms with Gasteiger partial charge >= 0.3 is 7.12 Å². The molecule has 0 aliphatic carbocycles. The maximum atomic E-state index is 13.8. The molecule has 2 unspecified atom stereocenters. The van der Waals surface area contributed by atoms with E-state index in [1.165, 1.54) is 79.4 Å². The molecule has 15 rings (SSSR count). The SMILES string of the molecule is CC1(O)COc2ccc(Br)cc2-c2cc3ccccc3n2C1.CCC(=O)c1c(-c2ccc(F)cc2)oc2cc(N(C)S(C)(=O)=O)c(B3OC(C)(C)C(C)(C)O3)cc12.CNC(=O)c1c(-c2ccc(F)cc2)oc2cc(N(C)S(C)(=O)=O)c(-c3ccc4c(c3)-c3cc5ccccc5n3CC(C)(O)CO4)cc12. The van der Waals surface area contributed by atoms with Crippen molar-refractivity contribution in [3.8, 4) is 67.8 Å². The van der Waals surface area contributed by atoms with Crippen molar-refractivity contribution in [1.29, 1.82) is 0 Å². The Morgan fingerprint density at radius 1 is 0.567 bits per heavy atom. The van der Waals surface area contributed by atoms with E-state index in [2.05, 4.69) is 54.6 Å². The highest BCUT2D eigenvalue weighted by Gasteiger charge is 2.53. The first kappa shape index (κ1) is 72.7. The lowest BCUT2D eigenvalue weighted by Gasteiger charge is -2.32. The number of hydrogen-bond donors (Lipinski definition) is 3. The number of halogens is 3. The molecule has 25 heteroatoms. The molecule has 3 aliphatic rings. The highest BCUT2D eigenvalue weighted by Crippen LogP contribution is 2.47. The van der Waals surface area contributed by atoms with Gasteiger partial charge in [0.1, 0.15) is 70.2 Å². The van der Waals surface area contributed by atoms with Crippen molar-refractivity contribution in [3.63, 3.8) is 0 Å². The van der Waals surface area contributed by atoms with Gasteiger partial charge in [0.15, 0.2) is 5.78 Å². The minimum atomic E-state index is -3.73. The van der Waals surface area contributed by atoms with Crippen molar-refractivity contribution in [1.82, 2.24) is 14.5 Å². The van der Waals surface area contributed by atoms with E-state index in [1.54, 1.807) is 38.1 Å². The van der Waals surface area contributed by atoms with Gasteiger partial charge in [-0.1, -0.05) is 65.3 Å². The molecule has 3 N–H and O–H groups in total. The van der Waals surface area contributed by atoms with Gasteiger partial charge < -0.3 is 52.3 Å². The standard InChI is InChI=1S/C36H32FN3O6S.C25H29BFNO6S.C18H16BrNO2/c1-36(42)19-40-28-8-6-5-7-23(28)16-30(40)26-15-22(11-14-31(26)45-20-36)25-17-27-32(18-29(25)39(3)47(4,43)44)46-34(33(27)35(41)38-2)21-9-12-24(37)13-10-21;1-8-20(29)22-17-13-18(26-33-24(2,3)25(4,5)34-26)19(28(6)35(7,30)31)14-21(17)32-23(22)15-9-11-16(27)12-10-15;1-18(21)10-20-15-5-3-2-4-12(15)8-16(20)14-9-13(19)6-7-17(14)22-11-18/h5-18,42H,19-20H2,1-4H3,(H,38,41);9-14H,8H2,1-7H3;2-9,21H,10-11H2,1H3. The van der Waals surface area contributed by atoms with E-state index in [0.717, 1.165) is 66.0 Å². The Balaban J connectivity index is 0.000000148. The zero-order chi connectivity index (χ0) is 74.5. The summed E-state index contributed by atoms with van der Waals surface area (Å²) >= 11 is 3.54. The first-order chi connectivity index (χ1) is 49.0. The number of ketones is 1. The zero-order valence-electron chi connectivity index (χ0n) is 59.3. The highest BCUT2D eigenvalue weighted by atomic mass is 79.9. The first-order valence-corrected chi connectivity index (χ1v) is 38.1. The minimum absolute atomic E-state index is 0.0655. The molecule has 0 bridgehead atoms. The monoisotopic (exact) mass is 1510 g/mol. The minimum Gasteiger partial charge on any atom is -0.490 e. The number of ether oxygens (including phenoxy) is 2. The smallest absolute Gasteiger partial charge is 0.490 e. The molecule has 2 atom stereocenters. The number of hydrogen-bond acceptors (Lipinski definition) is 14. The van der Waals surface area contributed by atoms with Crippen molar-refractivity contribution >= 4 is 115 Å². The first-order valence-electron chi connectivity index (χ1n) is 33.6. The predicted octanol–water partition coefficient (Wildman–Crippen LogP) is 15.2. The second-order valence-electron chi connectivity index (χ2n) is 28.1. The maximum Gasteiger partial charge on any atom is 0.497 e. The third-order valence-corrected chi connectivity index (χ3v) is 22.4. The fraction of sp³-hybridized carbons (Fsp3) is 0.266. The average Bonchev–Trinajstić information content (AvgIpc) is 1.81. The van der Waals surface area contributed by atoms with Gasteiger partial charge in [-0.25, -0.2) is 25.6 Å². The van der Waals surface area contributed by atoms with Crippen LogP contribution in [0.5, 0.6) is 11.5 Å². The molecule has 0 radical (unpaired) electrons. The number of aliphatic hydroxyl groups is 2. The van der Waals surface area contributed by atoms with E-state index in [0.29, 0.717) is 85.6 Å².